The Hall–Kier alpha value is -3.23. The fraction of sp³-hybridized carbons (Fsp3) is 0.214. The summed E-state index contributed by atoms with van der Waals surface area (Å²) < 4.78 is 11.5. The van der Waals surface area contributed by atoms with Gasteiger partial charge in [0.2, 0.25) is 0 Å². The van der Waals surface area contributed by atoms with Gasteiger partial charge >= 0.3 is 11.9 Å². The van der Waals surface area contributed by atoms with Gasteiger partial charge in [0, 0.05) is 25.7 Å². The molecule has 0 saturated carbocycles. The van der Waals surface area contributed by atoms with Crippen molar-refractivity contribution in [3.8, 4) is 5.69 Å². The molecule has 1 N–H and O–H groups in total. The summed E-state index contributed by atoms with van der Waals surface area (Å²) in [7, 11) is 0. The second-order valence-corrected chi connectivity index (χ2v) is 5.19. The lowest BCUT2D eigenvalue weighted by molar-refractivity contribution is -0.222. The second kappa shape index (κ2) is 5.52. The fourth-order valence-electron chi connectivity index (χ4n) is 1.95. The highest BCUT2D eigenvalue weighted by molar-refractivity contribution is 6.15. The molecule has 0 radical (unpaired) electrons. The summed E-state index contributed by atoms with van der Waals surface area (Å²) in [5.74, 6) is -2.74. The topological polar surface area (TPSA) is 108 Å². The summed E-state index contributed by atoms with van der Waals surface area (Å²) in [4.78, 5) is 23.7. The van der Waals surface area contributed by atoms with Crippen molar-refractivity contribution >= 4 is 17.6 Å². The van der Waals surface area contributed by atoms with Crippen molar-refractivity contribution in [2.75, 3.05) is 5.32 Å². The molecule has 1 saturated heterocycles. The first-order valence-corrected chi connectivity index (χ1v) is 6.71. The van der Waals surface area contributed by atoms with Gasteiger partial charge in [0.1, 0.15) is 6.33 Å². The van der Waals surface area contributed by atoms with E-state index in [9.17, 15) is 9.59 Å². The molecule has 1 aromatic heterocycles. The van der Waals surface area contributed by atoms with Gasteiger partial charge in [0.05, 0.1) is 5.69 Å². The van der Waals surface area contributed by atoms with Gasteiger partial charge in [0.25, 0.3) is 5.79 Å². The van der Waals surface area contributed by atoms with Crippen LogP contribution in [0.3, 0.4) is 0 Å². The summed E-state index contributed by atoms with van der Waals surface area (Å²) in [5.41, 5.74) is 1.14. The predicted molar refractivity (Wildman–Crippen MR) is 77.1 cm³/mol. The fourth-order valence-corrected chi connectivity index (χ4v) is 1.95. The van der Waals surface area contributed by atoms with Crippen LogP contribution in [0.2, 0.25) is 0 Å². The van der Waals surface area contributed by atoms with Crippen LogP contribution in [-0.4, -0.2) is 37.9 Å². The zero-order chi connectivity index (χ0) is 16.4. The van der Waals surface area contributed by atoms with Crippen LogP contribution in [-0.2, 0) is 19.1 Å². The van der Waals surface area contributed by atoms with E-state index < -0.39 is 17.7 Å². The first-order valence-electron chi connectivity index (χ1n) is 6.71. The molecule has 0 unspecified atom stereocenters. The van der Waals surface area contributed by atoms with Crippen molar-refractivity contribution in [3.63, 3.8) is 0 Å². The van der Waals surface area contributed by atoms with E-state index in [1.807, 2.05) is 0 Å². The average Bonchev–Trinajstić information content (AvgIpc) is 2.99. The van der Waals surface area contributed by atoms with Gasteiger partial charge in [-0.05, 0) is 28.6 Å². The molecule has 9 heteroatoms. The molecular formula is C14H13N5O4. The van der Waals surface area contributed by atoms with Crippen LogP contribution >= 0.6 is 0 Å². The summed E-state index contributed by atoms with van der Waals surface area (Å²) in [5, 5.41) is 13.8. The largest absolute Gasteiger partial charge is 0.419 e. The SMILES string of the molecule is CC1(C)OC(=O)C(=CNc2cccc(-n3cnnn3)c2)C(=O)O1. The molecule has 1 aromatic carbocycles. The summed E-state index contributed by atoms with van der Waals surface area (Å²) in [6.45, 7) is 2.98. The molecule has 23 heavy (non-hydrogen) atoms. The molecule has 118 valence electrons. The number of rotatable bonds is 3. The van der Waals surface area contributed by atoms with Crippen LogP contribution < -0.4 is 5.32 Å². The van der Waals surface area contributed by atoms with Gasteiger partial charge < -0.3 is 14.8 Å². The van der Waals surface area contributed by atoms with E-state index in [2.05, 4.69) is 20.8 Å². The Bertz CT molecular complexity index is 760. The normalized spacial score (nSPS) is 16.5. The quantitative estimate of drug-likeness (QED) is 0.503. The minimum Gasteiger partial charge on any atom is -0.419 e. The number of nitrogens with one attached hydrogen (secondary N) is 1. The van der Waals surface area contributed by atoms with E-state index >= 15 is 0 Å². The van der Waals surface area contributed by atoms with Gasteiger partial charge in [-0.3, -0.25) is 0 Å². The molecule has 0 bridgehead atoms. The molecule has 0 spiro atoms. The van der Waals surface area contributed by atoms with E-state index in [0.29, 0.717) is 11.4 Å². The van der Waals surface area contributed by atoms with E-state index in [0.717, 1.165) is 0 Å². The average molecular weight is 315 g/mol. The third-order valence-electron chi connectivity index (χ3n) is 2.96. The van der Waals surface area contributed by atoms with Gasteiger partial charge in [-0.1, -0.05) is 6.07 Å². The Morgan fingerprint density at radius 2 is 1.96 bits per heavy atom. The molecule has 0 atom stereocenters. The molecule has 1 aliphatic rings. The van der Waals surface area contributed by atoms with Crippen LogP contribution in [0.1, 0.15) is 13.8 Å². The Labute approximate surface area is 130 Å². The number of hydrogen-bond donors (Lipinski definition) is 1. The number of carbonyl (C=O) groups excluding carboxylic acids is 2. The Kier molecular flexibility index (Phi) is 3.53. The van der Waals surface area contributed by atoms with E-state index in [1.165, 1.54) is 31.1 Å². The van der Waals surface area contributed by atoms with E-state index in [-0.39, 0.29) is 5.57 Å². The number of cyclic esters (lactones) is 2. The van der Waals surface area contributed by atoms with E-state index in [1.54, 1.807) is 24.3 Å². The van der Waals surface area contributed by atoms with Crippen molar-refractivity contribution in [1.29, 1.82) is 0 Å². The highest BCUT2D eigenvalue weighted by Crippen LogP contribution is 2.23. The zero-order valence-corrected chi connectivity index (χ0v) is 12.4. The predicted octanol–water partition coefficient (Wildman–Crippen LogP) is 0.794. The van der Waals surface area contributed by atoms with Crippen molar-refractivity contribution in [1.82, 2.24) is 20.2 Å². The summed E-state index contributed by atoms with van der Waals surface area (Å²) in [6, 6.07) is 7.09. The number of esters is 2. The maximum Gasteiger partial charge on any atom is 0.350 e. The Morgan fingerprint density at radius 3 is 2.61 bits per heavy atom. The lowest BCUT2D eigenvalue weighted by Gasteiger charge is -2.29. The number of nitrogens with zero attached hydrogens (tertiary/aromatic N) is 4. The second-order valence-electron chi connectivity index (χ2n) is 5.19. The van der Waals surface area contributed by atoms with Crippen LogP contribution in [0, 0.1) is 0 Å². The maximum atomic E-state index is 11.8. The molecule has 0 aliphatic carbocycles. The van der Waals surface area contributed by atoms with Crippen LogP contribution in [0.4, 0.5) is 5.69 Å². The summed E-state index contributed by atoms with van der Waals surface area (Å²) >= 11 is 0. The summed E-state index contributed by atoms with van der Waals surface area (Å²) in [6.07, 6.45) is 2.70. The molecule has 0 amide bonds. The number of benzene rings is 1. The zero-order valence-electron chi connectivity index (χ0n) is 12.4. The lowest BCUT2D eigenvalue weighted by Crippen LogP contribution is -2.42. The number of ether oxygens (including phenoxy) is 2. The van der Waals surface area contributed by atoms with Crippen molar-refractivity contribution in [2.24, 2.45) is 0 Å². The third kappa shape index (κ3) is 3.18. The number of anilines is 1. The smallest absolute Gasteiger partial charge is 0.350 e. The third-order valence-corrected chi connectivity index (χ3v) is 2.96. The number of hydrogen-bond acceptors (Lipinski definition) is 8. The van der Waals surface area contributed by atoms with Crippen LogP contribution in [0.5, 0.6) is 0 Å². The molecule has 9 nitrogen and oxygen atoms in total. The minimum atomic E-state index is -1.26. The maximum absolute atomic E-state index is 11.8. The van der Waals surface area contributed by atoms with Crippen LogP contribution in [0.25, 0.3) is 5.69 Å². The molecule has 1 aliphatic heterocycles. The molecule has 1 fully saturated rings. The van der Waals surface area contributed by atoms with Gasteiger partial charge in [0.15, 0.2) is 5.57 Å². The van der Waals surface area contributed by atoms with E-state index in [4.69, 9.17) is 9.47 Å². The molecule has 2 aromatic rings. The monoisotopic (exact) mass is 315 g/mol. The highest BCUT2D eigenvalue weighted by atomic mass is 16.7. The van der Waals surface area contributed by atoms with Crippen molar-refractivity contribution in [3.05, 3.63) is 42.4 Å². The molecular weight excluding hydrogens is 302 g/mol. The minimum absolute atomic E-state index is 0.211. The van der Waals surface area contributed by atoms with Gasteiger partial charge in [-0.15, -0.1) is 5.10 Å². The first-order chi connectivity index (χ1) is 10.9. The Balaban J connectivity index is 1.79. The first kappa shape index (κ1) is 14.7. The van der Waals surface area contributed by atoms with Gasteiger partial charge in [-0.25, -0.2) is 14.3 Å². The number of aromatic nitrogens is 4. The Morgan fingerprint density at radius 1 is 1.22 bits per heavy atom. The molecule has 2 heterocycles. The number of carbonyl (C=O) groups is 2. The van der Waals surface area contributed by atoms with Crippen LogP contribution in [0.15, 0.2) is 42.4 Å². The highest BCUT2D eigenvalue weighted by Gasteiger charge is 2.38. The van der Waals surface area contributed by atoms with Gasteiger partial charge in [-0.2, -0.15) is 0 Å². The van der Waals surface area contributed by atoms with Crippen molar-refractivity contribution < 1.29 is 19.1 Å². The lowest BCUT2D eigenvalue weighted by atomic mass is 10.2. The van der Waals surface area contributed by atoms with Crippen molar-refractivity contribution in [2.45, 2.75) is 19.6 Å². The number of tetrazole rings is 1. The standard InChI is InChI=1S/C14H13N5O4/c1-14(2)22-12(20)11(13(21)23-14)7-15-9-4-3-5-10(6-9)19-8-16-17-18-19/h3-8,15H,1-2H3. The molecule has 3 rings (SSSR count).